The van der Waals surface area contributed by atoms with Gasteiger partial charge in [-0.15, -0.1) is 0 Å². The molecule has 9 heteroatoms. The van der Waals surface area contributed by atoms with Gasteiger partial charge in [-0.05, 0) is 57.1 Å². The number of aliphatic carboxylic acids is 1. The Morgan fingerprint density at radius 3 is 1.98 bits per heavy atom. The van der Waals surface area contributed by atoms with Crippen molar-refractivity contribution in [3.8, 4) is 0 Å². The van der Waals surface area contributed by atoms with E-state index in [2.05, 4.69) is 71.9 Å². The summed E-state index contributed by atoms with van der Waals surface area (Å²) in [6.45, 7) is 9.08. The molecule has 1 aromatic heterocycles. The molecular weight excluding hydrogens is 584 g/mol. The van der Waals surface area contributed by atoms with Gasteiger partial charge in [-0.2, -0.15) is 0 Å². The lowest BCUT2D eigenvalue weighted by molar-refractivity contribution is -0.153. The Kier molecular flexibility index (Phi) is 24.6. The van der Waals surface area contributed by atoms with Gasteiger partial charge in [0, 0.05) is 30.8 Å². The van der Waals surface area contributed by atoms with E-state index in [4.69, 9.17) is 14.6 Å². The maximum absolute atomic E-state index is 12.9. The minimum absolute atomic E-state index is 0.138. The lowest BCUT2D eigenvalue weighted by atomic mass is 9.86. The van der Waals surface area contributed by atoms with Crippen molar-refractivity contribution in [1.29, 1.82) is 0 Å². The number of nitrogens with zero attached hydrogens (tertiary/aromatic N) is 1. The Balaban J connectivity index is 0.00000991. The smallest absolute Gasteiger partial charge is 0.340 e. The van der Waals surface area contributed by atoms with Crippen molar-refractivity contribution >= 4 is 23.8 Å². The molecular formula is C37H54N2O7. The summed E-state index contributed by atoms with van der Waals surface area (Å²) >= 11 is 0. The lowest BCUT2D eigenvalue weighted by Gasteiger charge is -2.32. The molecule has 1 aromatic rings. The molecule has 1 rings (SSSR count). The topological polar surface area (TPSA) is 132 Å². The summed E-state index contributed by atoms with van der Waals surface area (Å²) in [6, 6.07) is 3.06. The number of hydrogen-bond acceptors (Lipinski definition) is 7. The fraction of sp³-hybridized carbons (Fsp3) is 0.486. The number of hydrogen-bond donors (Lipinski definition) is 2. The van der Waals surface area contributed by atoms with E-state index >= 15 is 0 Å². The molecule has 0 aliphatic carbocycles. The van der Waals surface area contributed by atoms with Gasteiger partial charge in [-0.1, -0.05) is 95.4 Å². The number of ether oxygens (including phenoxy) is 2. The largest absolute Gasteiger partial charge is 0.481 e. The van der Waals surface area contributed by atoms with Gasteiger partial charge in [0.1, 0.15) is 6.61 Å². The maximum Gasteiger partial charge on any atom is 0.340 e. The first kappa shape index (κ1) is 41.7. The quantitative estimate of drug-likeness (QED) is 0.0750. The van der Waals surface area contributed by atoms with Gasteiger partial charge in [0.2, 0.25) is 0 Å². The molecule has 46 heavy (non-hydrogen) atoms. The Morgan fingerprint density at radius 1 is 0.891 bits per heavy atom. The zero-order valence-electron chi connectivity index (χ0n) is 28.3. The van der Waals surface area contributed by atoms with Crippen molar-refractivity contribution in [2.75, 3.05) is 13.2 Å². The number of unbranched alkanes of at least 4 members (excludes halogenated alkanes) is 1. The molecule has 0 bridgehead atoms. The molecule has 1 atom stereocenters. The molecule has 254 valence electrons. The van der Waals surface area contributed by atoms with Gasteiger partial charge < -0.3 is 19.9 Å². The minimum atomic E-state index is -1.34. The third-order valence-corrected chi connectivity index (χ3v) is 6.22. The molecule has 1 amide bonds. The Hall–Kier alpha value is -4.27. The molecule has 0 aliphatic rings. The van der Waals surface area contributed by atoms with E-state index in [0.717, 1.165) is 38.5 Å². The standard InChI is InChI=1S/C35H48N2O7.C2H6/c1-4-5-6-7-8-9-10-11-12-13-14-15-16-17-18-19-20-23-31(40)43-28-35(2,3)32(33(41)37-26-24-30(38)39)44-34(42)29-22-21-25-36-27-29;1-2/h5-6,8-9,11-12,14-15,17-18,21-22,25,27,32H,4,7,10,13,16,19-20,23-24,26,28H2,1-3H3,(H,37,41)(H,38,39);1-2H3/b6-5-,9-8-,12-11-,15-14-,18-17-;. The van der Waals surface area contributed by atoms with Crippen LogP contribution in [-0.4, -0.2) is 53.2 Å². The van der Waals surface area contributed by atoms with Crippen molar-refractivity contribution in [3.63, 3.8) is 0 Å². The van der Waals surface area contributed by atoms with Crippen LogP contribution in [0.3, 0.4) is 0 Å². The second-order valence-electron chi connectivity index (χ2n) is 10.7. The summed E-state index contributed by atoms with van der Waals surface area (Å²) in [5.74, 6) is -2.95. The number of aromatic nitrogens is 1. The van der Waals surface area contributed by atoms with E-state index in [-0.39, 0.29) is 31.6 Å². The summed E-state index contributed by atoms with van der Waals surface area (Å²) in [7, 11) is 0. The first-order chi connectivity index (χ1) is 22.2. The highest BCUT2D eigenvalue weighted by Crippen LogP contribution is 2.26. The summed E-state index contributed by atoms with van der Waals surface area (Å²) in [4.78, 5) is 52.6. The molecule has 0 saturated carbocycles. The second-order valence-corrected chi connectivity index (χ2v) is 10.7. The monoisotopic (exact) mass is 638 g/mol. The SMILES string of the molecule is CC.CC/C=C\C/C=C\C/C=C\C/C=C\C/C=C\CCCC(=O)OCC(C)(C)C(OC(=O)c1cccnc1)C(=O)NCCC(=O)O. The predicted octanol–water partition coefficient (Wildman–Crippen LogP) is 7.72. The molecule has 1 unspecified atom stereocenters. The van der Waals surface area contributed by atoms with E-state index in [1.807, 2.05) is 19.9 Å². The van der Waals surface area contributed by atoms with Crippen LogP contribution in [0.1, 0.15) is 103 Å². The van der Waals surface area contributed by atoms with Crippen molar-refractivity contribution in [2.24, 2.45) is 5.41 Å². The zero-order valence-corrected chi connectivity index (χ0v) is 28.3. The van der Waals surface area contributed by atoms with E-state index in [1.54, 1.807) is 19.9 Å². The van der Waals surface area contributed by atoms with E-state index < -0.39 is 35.3 Å². The summed E-state index contributed by atoms with van der Waals surface area (Å²) in [6.07, 6.45) is 28.8. The van der Waals surface area contributed by atoms with E-state index in [1.165, 1.54) is 18.5 Å². The summed E-state index contributed by atoms with van der Waals surface area (Å²) in [5, 5.41) is 11.3. The number of carboxylic acids is 1. The van der Waals surface area contributed by atoms with Gasteiger partial charge in [0.25, 0.3) is 5.91 Å². The average Bonchev–Trinajstić information content (AvgIpc) is 3.05. The Labute approximate surface area is 275 Å². The number of nitrogens with one attached hydrogen (secondary N) is 1. The third kappa shape index (κ3) is 21.4. The fourth-order valence-corrected chi connectivity index (χ4v) is 3.76. The Bertz CT molecular complexity index is 1150. The highest BCUT2D eigenvalue weighted by atomic mass is 16.6. The maximum atomic E-state index is 12.9. The summed E-state index contributed by atoms with van der Waals surface area (Å²) < 4.78 is 10.9. The average molecular weight is 639 g/mol. The van der Waals surface area contributed by atoms with Crippen LogP contribution >= 0.6 is 0 Å². The van der Waals surface area contributed by atoms with Crippen LogP contribution in [0.2, 0.25) is 0 Å². The number of carboxylic acid groups (broad SMARTS) is 1. The fourth-order valence-electron chi connectivity index (χ4n) is 3.76. The number of rotatable bonds is 22. The normalized spacial score (nSPS) is 12.5. The highest BCUT2D eigenvalue weighted by Gasteiger charge is 2.40. The van der Waals surface area contributed by atoms with Crippen LogP contribution in [0.25, 0.3) is 0 Å². The Morgan fingerprint density at radius 2 is 1.46 bits per heavy atom. The lowest BCUT2D eigenvalue weighted by Crippen LogP contribution is -2.49. The van der Waals surface area contributed by atoms with Gasteiger partial charge in [-0.3, -0.25) is 19.4 Å². The minimum Gasteiger partial charge on any atom is -0.481 e. The molecule has 0 aromatic carbocycles. The van der Waals surface area contributed by atoms with Gasteiger partial charge in [-0.25, -0.2) is 4.79 Å². The van der Waals surface area contributed by atoms with Gasteiger partial charge >= 0.3 is 17.9 Å². The molecule has 0 spiro atoms. The molecule has 1 heterocycles. The number of esters is 2. The number of carbonyl (C=O) groups is 4. The molecule has 0 fully saturated rings. The number of allylic oxidation sites excluding steroid dienone is 10. The van der Waals surface area contributed by atoms with Crippen LogP contribution in [0, 0.1) is 5.41 Å². The van der Waals surface area contributed by atoms with Crippen LogP contribution in [0.15, 0.2) is 85.3 Å². The third-order valence-electron chi connectivity index (χ3n) is 6.22. The first-order valence-corrected chi connectivity index (χ1v) is 16.2. The molecule has 9 nitrogen and oxygen atoms in total. The number of amides is 1. The predicted molar refractivity (Wildman–Crippen MR) is 183 cm³/mol. The van der Waals surface area contributed by atoms with Crippen molar-refractivity contribution in [2.45, 2.75) is 98.5 Å². The second kappa shape index (κ2) is 27.1. The van der Waals surface area contributed by atoms with Crippen LogP contribution in [0.5, 0.6) is 0 Å². The van der Waals surface area contributed by atoms with Crippen LogP contribution in [0.4, 0.5) is 0 Å². The molecule has 0 aliphatic heterocycles. The number of carbonyl (C=O) groups excluding carboxylic acids is 3. The van der Waals surface area contributed by atoms with Crippen molar-refractivity contribution < 1.29 is 33.8 Å². The van der Waals surface area contributed by atoms with Crippen LogP contribution in [-0.2, 0) is 23.9 Å². The molecule has 0 radical (unpaired) electrons. The van der Waals surface area contributed by atoms with E-state index in [0.29, 0.717) is 6.42 Å². The van der Waals surface area contributed by atoms with Gasteiger partial charge in [0.05, 0.1) is 12.0 Å². The van der Waals surface area contributed by atoms with Crippen LogP contribution < -0.4 is 5.32 Å². The van der Waals surface area contributed by atoms with Gasteiger partial charge in [0.15, 0.2) is 6.10 Å². The van der Waals surface area contributed by atoms with Crippen molar-refractivity contribution in [3.05, 3.63) is 90.9 Å². The molecule has 0 saturated heterocycles. The molecule has 2 N–H and O–H groups in total. The zero-order chi connectivity index (χ0) is 34.5. The number of pyridine rings is 1. The first-order valence-electron chi connectivity index (χ1n) is 16.2. The summed E-state index contributed by atoms with van der Waals surface area (Å²) in [5.41, 5.74) is -0.941. The van der Waals surface area contributed by atoms with Crippen molar-refractivity contribution in [1.82, 2.24) is 10.3 Å². The highest BCUT2D eigenvalue weighted by molar-refractivity contribution is 5.92. The van der Waals surface area contributed by atoms with E-state index in [9.17, 15) is 19.2 Å².